The average Bonchev–Trinajstić information content (AvgIpc) is 3.02. The SMILES string of the molecule is C#CCOc1ccc(CCC(=O)NCc2ccc(Cl)s2)cc1OC. The number of terminal acetylenes is 1. The Morgan fingerprint density at radius 1 is 1.33 bits per heavy atom. The molecule has 1 aromatic heterocycles. The summed E-state index contributed by atoms with van der Waals surface area (Å²) in [4.78, 5) is 13.0. The van der Waals surface area contributed by atoms with E-state index in [-0.39, 0.29) is 12.5 Å². The van der Waals surface area contributed by atoms with Crippen LogP contribution < -0.4 is 14.8 Å². The Morgan fingerprint density at radius 3 is 2.83 bits per heavy atom. The molecule has 4 nitrogen and oxygen atoms in total. The number of halogens is 1. The smallest absolute Gasteiger partial charge is 0.220 e. The van der Waals surface area contributed by atoms with Gasteiger partial charge in [-0.15, -0.1) is 17.8 Å². The second-order valence-corrected chi connectivity index (χ2v) is 6.76. The highest BCUT2D eigenvalue weighted by atomic mass is 35.5. The van der Waals surface area contributed by atoms with E-state index < -0.39 is 0 Å². The van der Waals surface area contributed by atoms with Gasteiger partial charge < -0.3 is 14.8 Å². The molecule has 126 valence electrons. The van der Waals surface area contributed by atoms with Crippen LogP contribution in [0.5, 0.6) is 11.5 Å². The summed E-state index contributed by atoms with van der Waals surface area (Å²) >= 11 is 7.33. The number of methoxy groups -OCH3 is 1. The molecule has 0 atom stereocenters. The third kappa shape index (κ3) is 5.48. The van der Waals surface area contributed by atoms with Crippen molar-refractivity contribution < 1.29 is 14.3 Å². The highest BCUT2D eigenvalue weighted by molar-refractivity contribution is 7.16. The first kappa shape index (κ1) is 18.2. The summed E-state index contributed by atoms with van der Waals surface area (Å²) < 4.78 is 11.4. The Bertz CT molecular complexity index is 736. The van der Waals surface area contributed by atoms with E-state index in [4.69, 9.17) is 27.5 Å². The molecule has 0 bridgehead atoms. The fraction of sp³-hybridized carbons (Fsp3) is 0.278. The monoisotopic (exact) mass is 363 g/mol. The number of aryl methyl sites for hydroxylation is 1. The van der Waals surface area contributed by atoms with Crippen molar-refractivity contribution in [2.24, 2.45) is 0 Å². The maximum absolute atomic E-state index is 11.9. The molecule has 2 rings (SSSR count). The molecule has 0 saturated carbocycles. The zero-order chi connectivity index (χ0) is 17.4. The second-order valence-electron chi connectivity index (χ2n) is 4.96. The van der Waals surface area contributed by atoms with Crippen LogP contribution in [-0.2, 0) is 17.8 Å². The molecule has 1 N–H and O–H groups in total. The molecule has 0 radical (unpaired) electrons. The van der Waals surface area contributed by atoms with E-state index in [2.05, 4.69) is 11.2 Å². The third-order valence-electron chi connectivity index (χ3n) is 3.27. The number of benzene rings is 1. The van der Waals surface area contributed by atoms with Crippen molar-refractivity contribution >= 4 is 28.8 Å². The molecule has 0 aliphatic heterocycles. The predicted molar refractivity (Wildman–Crippen MR) is 96.8 cm³/mol. The van der Waals surface area contributed by atoms with Gasteiger partial charge in [-0.1, -0.05) is 23.6 Å². The number of rotatable bonds is 8. The normalized spacial score (nSPS) is 10.0. The quantitative estimate of drug-likeness (QED) is 0.728. The largest absolute Gasteiger partial charge is 0.493 e. The second kappa shape index (κ2) is 9.21. The molecule has 2 aromatic rings. The number of amides is 1. The Balaban J connectivity index is 1.84. The Hall–Kier alpha value is -2.16. The van der Waals surface area contributed by atoms with E-state index in [0.29, 0.717) is 30.9 Å². The summed E-state index contributed by atoms with van der Waals surface area (Å²) in [6, 6.07) is 9.30. The van der Waals surface area contributed by atoms with Gasteiger partial charge in [-0.2, -0.15) is 0 Å². The number of hydrogen-bond acceptors (Lipinski definition) is 4. The van der Waals surface area contributed by atoms with Gasteiger partial charge in [-0.05, 0) is 36.2 Å². The fourth-order valence-corrected chi connectivity index (χ4v) is 3.11. The number of carbonyl (C=O) groups excluding carboxylic acids is 1. The van der Waals surface area contributed by atoms with Crippen LogP contribution in [0.2, 0.25) is 4.34 Å². The summed E-state index contributed by atoms with van der Waals surface area (Å²) in [5.74, 6) is 3.61. The van der Waals surface area contributed by atoms with Crippen molar-refractivity contribution in [3.8, 4) is 23.8 Å². The van der Waals surface area contributed by atoms with Crippen molar-refractivity contribution in [3.05, 3.63) is 45.1 Å². The summed E-state index contributed by atoms with van der Waals surface area (Å²) in [6.45, 7) is 0.684. The maximum Gasteiger partial charge on any atom is 0.220 e. The van der Waals surface area contributed by atoms with E-state index >= 15 is 0 Å². The predicted octanol–water partition coefficient (Wildman–Crippen LogP) is 3.67. The number of hydrogen-bond donors (Lipinski definition) is 1. The van der Waals surface area contributed by atoms with Gasteiger partial charge in [0.1, 0.15) is 6.61 Å². The van der Waals surface area contributed by atoms with Crippen LogP contribution in [-0.4, -0.2) is 19.6 Å². The Kier molecular flexibility index (Phi) is 6.98. The third-order valence-corrected chi connectivity index (χ3v) is 4.50. The Morgan fingerprint density at radius 2 is 2.17 bits per heavy atom. The first-order valence-electron chi connectivity index (χ1n) is 7.36. The first-order chi connectivity index (χ1) is 11.6. The molecule has 0 spiro atoms. The first-order valence-corrected chi connectivity index (χ1v) is 8.56. The minimum absolute atomic E-state index is 0.00820. The van der Waals surface area contributed by atoms with Gasteiger partial charge in [0.05, 0.1) is 18.0 Å². The van der Waals surface area contributed by atoms with Crippen molar-refractivity contribution in [1.82, 2.24) is 5.32 Å². The van der Waals surface area contributed by atoms with E-state index in [0.717, 1.165) is 14.8 Å². The van der Waals surface area contributed by atoms with Crippen LogP contribution in [0.25, 0.3) is 0 Å². The molecular weight excluding hydrogens is 346 g/mol. The molecule has 0 saturated heterocycles. The van der Waals surface area contributed by atoms with Gasteiger partial charge in [0.15, 0.2) is 11.5 Å². The van der Waals surface area contributed by atoms with Crippen LogP contribution in [0.15, 0.2) is 30.3 Å². The standard InChI is InChI=1S/C18H18ClNO3S/c1-3-10-23-15-7-4-13(11-16(15)22-2)5-9-18(21)20-12-14-6-8-17(19)24-14/h1,4,6-8,11H,5,9-10,12H2,2H3,(H,20,21). The number of thiophene rings is 1. The minimum Gasteiger partial charge on any atom is -0.493 e. The molecule has 1 amide bonds. The lowest BCUT2D eigenvalue weighted by atomic mass is 10.1. The molecule has 1 aromatic carbocycles. The lowest BCUT2D eigenvalue weighted by Gasteiger charge is -2.10. The van der Waals surface area contributed by atoms with E-state index in [1.165, 1.54) is 11.3 Å². The van der Waals surface area contributed by atoms with E-state index in [9.17, 15) is 4.79 Å². The van der Waals surface area contributed by atoms with Crippen molar-refractivity contribution in [3.63, 3.8) is 0 Å². The summed E-state index contributed by atoms with van der Waals surface area (Å²) in [5.41, 5.74) is 0.995. The highest BCUT2D eigenvalue weighted by Gasteiger charge is 2.08. The molecule has 0 aliphatic carbocycles. The van der Waals surface area contributed by atoms with Crippen LogP contribution in [0, 0.1) is 12.3 Å². The van der Waals surface area contributed by atoms with Crippen LogP contribution in [0.1, 0.15) is 16.9 Å². The van der Waals surface area contributed by atoms with Gasteiger partial charge >= 0.3 is 0 Å². The van der Waals surface area contributed by atoms with Crippen molar-refractivity contribution in [1.29, 1.82) is 0 Å². The topological polar surface area (TPSA) is 47.6 Å². The molecule has 24 heavy (non-hydrogen) atoms. The maximum atomic E-state index is 11.9. The van der Waals surface area contributed by atoms with Gasteiger partial charge in [-0.25, -0.2) is 0 Å². The lowest BCUT2D eigenvalue weighted by molar-refractivity contribution is -0.121. The molecule has 0 aliphatic rings. The minimum atomic E-state index is -0.00820. The van der Waals surface area contributed by atoms with Gasteiger partial charge in [0, 0.05) is 11.3 Å². The van der Waals surface area contributed by atoms with E-state index in [1.54, 1.807) is 13.2 Å². The summed E-state index contributed by atoms with van der Waals surface area (Å²) in [5, 5.41) is 2.89. The summed E-state index contributed by atoms with van der Waals surface area (Å²) in [6.07, 6.45) is 6.19. The van der Waals surface area contributed by atoms with Gasteiger partial charge in [-0.3, -0.25) is 4.79 Å². The number of nitrogens with one attached hydrogen (secondary N) is 1. The molecule has 6 heteroatoms. The molecular formula is C18H18ClNO3S. The highest BCUT2D eigenvalue weighted by Crippen LogP contribution is 2.28. The fourth-order valence-electron chi connectivity index (χ4n) is 2.08. The molecule has 0 unspecified atom stereocenters. The number of ether oxygens (including phenoxy) is 2. The van der Waals surface area contributed by atoms with Gasteiger partial charge in [0.2, 0.25) is 5.91 Å². The summed E-state index contributed by atoms with van der Waals surface area (Å²) in [7, 11) is 1.57. The van der Waals surface area contributed by atoms with Crippen LogP contribution >= 0.6 is 22.9 Å². The van der Waals surface area contributed by atoms with Crippen molar-refractivity contribution in [2.45, 2.75) is 19.4 Å². The zero-order valence-corrected chi connectivity index (χ0v) is 14.9. The van der Waals surface area contributed by atoms with Gasteiger partial charge in [0.25, 0.3) is 0 Å². The average molecular weight is 364 g/mol. The number of carbonyl (C=O) groups is 1. The van der Waals surface area contributed by atoms with Crippen molar-refractivity contribution in [2.75, 3.05) is 13.7 Å². The molecule has 0 fully saturated rings. The lowest BCUT2D eigenvalue weighted by Crippen LogP contribution is -2.22. The Labute approximate surface area is 150 Å². The van der Waals surface area contributed by atoms with E-state index in [1.807, 2.05) is 24.3 Å². The molecule has 1 heterocycles. The van der Waals surface area contributed by atoms with Crippen LogP contribution in [0.4, 0.5) is 0 Å². The van der Waals surface area contributed by atoms with Crippen LogP contribution in [0.3, 0.4) is 0 Å². The zero-order valence-electron chi connectivity index (χ0n) is 13.3.